The molecule has 0 heterocycles. The van der Waals surface area contributed by atoms with Gasteiger partial charge in [0.25, 0.3) is 5.91 Å². The minimum absolute atomic E-state index is 0.0458. The molecule has 1 amide bonds. The molecule has 0 aliphatic heterocycles. The Labute approximate surface area is 172 Å². The van der Waals surface area contributed by atoms with Crippen molar-refractivity contribution < 1.29 is 14.3 Å². The third kappa shape index (κ3) is 7.37. The summed E-state index contributed by atoms with van der Waals surface area (Å²) in [7, 11) is 5.49. The lowest BCUT2D eigenvalue weighted by atomic mass is 10.2. The maximum absolute atomic E-state index is 11.6. The summed E-state index contributed by atoms with van der Waals surface area (Å²) in [6.45, 7) is 3.58. The van der Waals surface area contributed by atoms with Crippen LogP contribution in [0, 0.1) is 0 Å². The highest BCUT2D eigenvalue weighted by Crippen LogP contribution is 2.28. The Morgan fingerprint density at radius 2 is 1.79 bits per heavy atom. The summed E-state index contributed by atoms with van der Waals surface area (Å²) < 4.78 is 11.0. The molecule has 0 radical (unpaired) electrons. The van der Waals surface area contributed by atoms with Gasteiger partial charge in [0, 0.05) is 27.2 Å². The number of carbonyl (C=O) groups excluding carboxylic acids is 1. The molecule has 0 aromatic heterocycles. The third-order valence-electron chi connectivity index (χ3n) is 4.09. The van der Waals surface area contributed by atoms with Crippen molar-refractivity contribution in [1.29, 1.82) is 0 Å². The van der Waals surface area contributed by atoms with E-state index < -0.39 is 0 Å². The summed E-state index contributed by atoms with van der Waals surface area (Å²) in [4.78, 5) is 18.2. The number of hydrogen-bond donors (Lipinski definition) is 2. The highest BCUT2D eigenvalue weighted by molar-refractivity contribution is 5.79. The molecule has 2 rings (SSSR count). The van der Waals surface area contributed by atoms with Gasteiger partial charge in [0.05, 0.1) is 13.7 Å². The number of nitrogens with zero attached hydrogens (tertiary/aromatic N) is 2. The van der Waals surface area contributed by atoms with Gasteiger partial charge in [-0.1, -0.05) is 36.4 Å². The summed E-state index contributed by atoms with van der Waals surface area (Å²) in [5.74, 6) is 1.74. The van der Waals surface area contributed by atoms with Gasteiger partial charge in [-0.05, 0) is 30.2 Å². The minimum Gasteiger partial charge on any atom is -0.493 e. The van der Waals surface area contributed by atoms with Crippen LogP contribution in [-0.4, -0.2) is 51.1 Å². The highest BCUT2D eigenvalue weighted by Gasteiger charge is 2.09. The number of nitrogens with one attached hydrogen (secondary N) is 2. The zero-order valence-electron chi connectivity index (χ0n) is 17.6. The van der Waals surface area contributed by atoms with Crippen molar-refractivity contribution in [3.8, 4) is 11.5 Å². The Morgan fingerprint density at radius 3 is 2.45 bits per heavy atom. The van der Waals surface area contributed by atoms with Gasteiger partial charge in [0.15, 0.2) is 24.1 Å². The normalized spacial score (nSPS) is 11.0. The first-order valence-electron chi connectivity index (χ1n) is 9.59. The lowest BCUT2D eigenvalue weighted by Crippen LogP contribution is -2.36. The van der Waals surface area contributed by atoms with Crippen molar-refractivity contribution in [2.75, 3.05) is 34.4 Å². The van der Waals surface area contributed by atoms with Crippen LogP contribution in [0.2, 0.25) is 0 Å². The molecule has 0 aliphatic carbocycles. The summed E-state index contributed by atoms with van der Waals surface area (Å²) in [5.41, 5.74) is 2.17. The molecule has 29 heavy (non-hydrogen) atoms. The van der Waals surface area contributed by atoms with E-state index in [4.69, 9.17) is 9.47 Å². The minimum atomic E-state index is -0.164. The van der Waals surface area contributed by atoms with Crippen LogP contribution in [0.4, 0.5) is 0 Å². The maximum Gasteiger partial charge on any atom is 0.257 e. The van der Waals surface area contributed by atoms with Crippen LogP contribution in [0.1, 0.15) is 18.1 Å². The number of aliphatic imine (C=N–C) groups is 1. The Balaban J connectivity index is 2.01. The zero-order valence-corrected chi connectivity index (χ0v) is 17.6. The Hall–Kier alpha value is -3.22. The number of guanidine groups is 1. The van der Waals surface area contributed by atoms with Gasteiger partial charge in [-0.15, -0.1) is 0 Å². The molecule has 7 heteroatoms. The maximum atomic E-state index is 11.6. The molecule has 0 saturated carbocycles. The van der Waals surface area contributed by atoms with Crippen molar-refractivity contribution in [3.63, 3.8) is 0 Å². The van der Waals surface area contributed by atoms with Crippen molar-refractivity contribution in [2.45, 2.75) is 20.0 Å². The molecule has 0 saturated heterocycles. The summed E-state index contributed by atoms with van der Waals surface area (Å²) in [6.07, 6.45) is 0. The number of rotatable bonds is 9. The van der Waals surface area contributed by atoms with E-state index in [2.05, 4.69) is 27.8 Å². The summed E-state index contributed by atoms with van der Waals surface area (Å²) >= 11 is 0. The molecule has 2 aromatic rings. The molecule has 156 valence electrons. The molecule has 2 aromatic carbocycles. The quantitative estimate of drug-likeness (QED) is 0.501. The lowest BCUT2D eigenvalue weighted by Gasteiger charge is -2.18. The molecule has 0 atom stereocenters. The van der Waals surface area contributed by atoms with Crippen molar-refractivity contribution in [1.82, 2.24) is 15.5 Å². The van der Waals surface area contributed by atoms with Gasteiger partial charge >= 0.3 is 0 Å². The van der Waals surface area contributed by atoms with Gasteiger partial charge < -0.3 is 25.0 Å². The Morgan fingerprint density at radius 1 is 1.03 bits per heavy atom. The van der Waals surface area contributed by atoms with E-state index >= 15 is 0 Å². The standard InChI is InChI=1S/C22H30N4O3/c1-5-23-21(27)16-29-19-12-11-18(13-20(19)28-4)15-25-22(26(2)3)24-14-17-9-7-6-8-10-17/h6-13H,5,14-16H2,1-4H3,(H,23,27)(H,24,25). The molecule has 0 unspecified atom stereocenters. The average Bonchev–Trinajstić information content (AvgIpc) is 2.73. The fourth-order valence-electron chi connectivity index (χ4n) is 2.62. The SMILES string of the molecule is CCNC(=O)COc1ccc(CN=C(NCc2ccccc2)N(C)C)cc1OC. The second-order valence-corrected chi connectivity index (χ2v) is 6.60. The smallest absolute Gasteiger partial charge is 0.257 e. The molecular formula is C22H30N4O3. The Bertz CT molecular complexity index is 807. The number of benzene rings is 2. The van der Waals surface area contributed by atoms with E-state index in [0.29, 0.717) is 31.1 Å². The van der Waals surface area contributed by atoms with Crippen molar-refractivity contribution in [2.24, 2.45) is 4.99 Å². The van der Waals surface area contributed by atoms with E-state index in [1.54, 1.807) is 13.2 Å². The number of carbonyl (C=O) groups is 1. The monoisotopic (exact) mass is 398 g/mol. The van der Waals surface area contributed by atoms with Crippen LogP contribution in [0.25, 0.3) is 0 Å². The van der Waals surface area contributed by atoms with Crippen molar-refractivity contribution in [3.05, 3.63) is 59.7 Å². The fraction of sp³-hybridized carbons (Fsp3) is 0.364. The van der Waals surface area contributed by atoms with Crippen LogP contribution in [0.15, 0.2) is 53.5 Å². The highest BCUT2D eigenvalue weighted by atomic mass is 16.5. The number of likely N-dealkylation sites (N-methyl/N-ethyl adjacent to an activating group) is 1. The second-order valence-electron chi connectivity index (χ2n) is 6.60. The largest absolute Gasteiger partial charge is 0.493 e. The summed E-state index contributed by atoms with van der Waals surface area (Å²) in [5, 5.41) is 6.06. The van der Waals surface area contributed by atoms with E-state index in [0.717, 1.165) is 11.5 Å². The van der Waals surface area contributed by atoms with E-state index in [1.807, 2.05) is 56.3 Å². The van der Waals surface area contributed by atoms with E-state index in [9.17, 15) is 4.79 Å². The molecule has 0 bridgehead atoms. The number of hydrogen-bond acceptors (Lipinski definition) is 4. The first-order chi connectivity index (χ1) is 14.0. The van der Waals surface area contributed by atoms with Crippen LogP contribution >= 0.6 is 0 Å². The van der Waals surface area contributed by atoms with Crippen LogP contribution in [0.3, 0.4) is 0 Å². The first kappa shape index (κ1) is 22.1. The molecular weight excluding hydrogens is 368 g/mol. The third-order valence-corrected chi connectivity index (χ3v) is 4.09. The summed E-state index contributed by atoms with van der Waals surface area (Å²) in [6, 6.07) is 15.8. The number of ether oxygens (including phenoxy) is 2. The second kappa shape index (κ2) is 11.6. The lowest BCUT2D eigenvalue weighted by molar-refractivity contribution is -0.123. The van der Waals surface area contributed by atoms with Gasteiger partial charge in [0.1, 0.15) is 0 Å². The Kier molecular flexibility index (Phi) is 8.82. The molecule has 0 spiro atoms. The van der Waals surface area contributed by atoms with E-state index in [1.165, 1.54) is 5.56 Å². The molecule has 2 N–H and O–H groups in total. The fourth-order valence-corrected chi connectivity index (χ4v) is 2.62. The average molecular weight is 399 g/mol. The molecule has 0 fully saturated rings. The van der Waals surface area contributed by atoms with Crippen LogP contribution < -0.4 is 20.1 Å². The zero-order chi connectivity index (χ0) is 21.1. The predicted octanol–water partition coefficient (Wildman–Crippen LogP) is 2.42. The molecule has 7 nitrogen and oxygen atoms in total. The topological polar surface area (TPSA) is 75.2 Å². The first-order valence-corrected chi connectivity index (χ1v) is 9.59. The van der Waals surface area contributed by atoms with Crippen LogP contribution in [0.5, 0.6) is 11.5 Å². The predicted molar refractivity (Wildman–Crippen MR) is 115 cm³/mol. The van der Waals surface area contributed by atoms with Crippen LogP contribution in [-0.2, 0) is 17.9 Å². The number of methoxy groups -OCH3 is 1. The number of amides is 1. The van der Waals surface area contributed by atoms with Gasteiger partial charge in [-0.25, -0.2) is 4.99 Å². The van der Waals surface area contributed by atoms with Gasteiger partial charge in [-0.2, -0.15) is 0 Å². The van der Waals surface area contributed by atoms with Gasteiger partial charge in [-0.3, -0.25) is 4.79 Å². The molecule has 0 aliphatic rings. The van der Waals surface area contributed by atoms with Crippen molar-refractivity contribution >= 4 is 11.9 Å². The van der Waals surface area contributed by atoms with Gasteiger partial charge in [0.2, 0.25) is 0 Å². The van der Waals surface area contributed by atoms with E-state index in [-0.39, 0.29) is 12.5 Å².